The zero-order chi connectivity index (χ0) is 15.4. The van der Waals surface area contributed by atoms with Gasteiger partial charge in [0.1, 0.15) is 5.69 Å². The molecule has 1 aromatic carbocycles. The zero-order valence-electron chi connectivity index (χ0n) is 11.1. The molecule has 0 radical (unpaired) electrons. The Hall–Kier alpha value is -2.47. The quantitative estimate of drug-likeness (QED) is 0.739. The van der Waals surface area contributed by atoms with Gasteiger partial charge in [-0.2, -0.15) is 0 Å². The smallest absolute Gasteiger partial charge is 0.354 e. The molecular weight excluding hydrogens is 296 g/mol. The third kappa shape index (κ3) is 3.55. The van der Waals surface area contributed by atoms with Crippen molar-refractivity contribution in [1.82, 2.24) is 4.98 Å². The Morgan fingerprint density at radius 3 is 2.76 bits per heavy atom. The van der Waals surface area contributed by atoms with Crippen molar-refractivity contribution in [2.24, 2.45) is 0 Å². The van der Waals surface area contributed by atoms with Gasteiger partial charge in [-0.05, 0) is 30.3 Å². The average Bonchev–Trinajstić information content (AvgIpc) is 2.94. The van der Waals surface area contributed by atoms with Crippen molar-refractivity contribution in [2.45, 2.75) is 6.54 Å². The number of aromatic carboxylic acids is 1. The number of carboxylic acid groups (broad SMARTS) is 1. The van der Waals surface area contributed by atoms with Crippen molar-refractivity contribution >= 4 is 29.2 Å². The van der Waals surface area contributed by atoms with E-state index in [4.69, 9.17) is 16.7 Å². The number of rotatable bonds is 5. The van der Waals surface area contributed by atoms with Crippen LogP contribution >= 0.6 is 11.6 Å². The lowest BCUT2D eigenvalue weighted by molar-refractivity contribution is 0.0593. The van der Waals surface area contributed by atoms with Gasteiger partial charge in [0.05, 0.1) is 24.2 Å². The number of aromatic amines is 1. The van der Waals surface area contributed by atoms with Crippen LogP contribution in [-0.2, 0) is 11.3 Å². The second-order valence-corrected chi connectivity index (χ2v) is 4.65. The number of H-pyrrole nitrogens is 1. The molecule has 1 aromatic heterocycles. The van der Waals surface area contributed by atoms with Gasteiger partial charge in [-0.25, -0.2) is 9.59 Å². The molecule has 6 nitrogen and oxygen atoms in total. The minimum atomic E-state index is -1.09. The van der Waals surface area contributed by atoms with Crippen molar-refractivity contribution in [3.05, 3.63) is 52.3 Å². The molecule has 2 rings (SSSR count). The number of halogens is 1. The summed E-state index contributed by atoms with van der Waals surface area (Å²) in [5.41, 5.74) is 1.77. The molecule has 0 atom stereocenters. The van der Waals surface area contributed by atoms with Crippen LogP contribution < -0.4 is 5.32 Å². The fourth-order valence-corrected chi connectivity index (χ4v) is 1.97. The summed E-state index contributed by atoms with van der Waals surface area (Å²) in [5.74, 6) is -1.53. The molecule has 0 bridgehead atoms. The third-order valence-corrected chi connectivity index (χ3v) is 3.16. The van der Waals surface area contributed by atoms with E-state index in [-0.39, 0.29) is 10.6 Å². The largest absolute Gasteiger partial charge is 0.478 e. The molecular formula is C14H13ClN2O4. The average molecular weight is 309 g/mol. The number of benzene rings is 1. The number of anilines is 1. The topological polar surface area (TPSA) is 91.4 Å². The van der Waals surface area contributed by atoms with E-state index in [0.29, 0.717) is 17.9 Å². The highest BCUT2D eigenvalue weighted by Crippen LogP contribution is 2.21. The maximum absolute atomic E-state index is 11.3. The Kier molecular flexibility index (Phi) is 4.49. The van der Waals surface area contributed by atoms with E-state index in [0.717, 1.165) is 5.69 Å². The molecule has 0 aliphatic heterocycles. The molecule has 21 heavy (non-hydrogen) atoms. The SMILES string of the molecule is COC(=O)c1ccc(CNc2ccc(Cl)c(C(=O)O)c2)[nH]1. The number of nitrogens with one attached hydrogen (secondary N) is 2. The molecule has 0 saturated carbocycles. The number of carbonyl (C=O) groups is 2. The van der Waals surface area contributed by atoms with Crippen LogP contribution in [0.3, 0.4) is 0 Å². The van der Waals surface area contributed by atoms with E-state index >= 15 is 0 Å². The van der Waals surface area contributed by atoms with Crippen LogP contribution in [0.4, 0.5) is 5.69 Å². The Labute approximate surface area is 125 Å². The number of carboxylic acids is 1. The Morgan fingerprint density at radius 2 is 2.10 bits per heavy atom. The van der Waals surface area contributed by atoms with Gasteiger partial charge in [-0.1, -0.05) is 11.6 Å². The number of ether oxygens (including phenoxy) is 1. The van der Waals surface area contributed by atoms with Gasteiger partial charge in [-0.15, -0.1) is 0 Å². The van der Waals surface area contributed by atoms with Crippen LogP contribution in [0.25, 0.3) is 0 Å². The summed E-state index contributed by atoms with van der Waals surface area (Å²) in [6, 6.07) is 8.01. The van der Waals surface area contributed by atoms with Crippen molar-refractivity contribution in [2.75, 3.05) is 12.4 Å². The first kappa shape index (κ1) is 14.9. The van der Waals surface area contributed by atoms with Crippen molar-refractivity contribution in [3.63, 3.8) is 0 Å². The zero-order valence-corrected chi connectivity index (χ0v) is 11.9. The molecule has 1 heterocycles. The summed E-state index contributed by atoms with van der Waals surface area (Å²) in [4.78, 5) is 25.2. The van der Waals surface area contributed by atoms with Gasteiger partial charge >= 0.3 is 11.9 Å². The number of esters is 1. The van der Waals surface area contributed by atoms with E-state index in [2.05, 4.69) is 15.0 Å². The van der Waals surface area contributed by atoms with Crippen molar-refractivity contribution in [3.8, 4) is 0 Å². The Bertz CT molecular complexity index is 681. The predicted molar refractivity (Wildman–Crippen MR) is 77.9 cm³/mol. The summed E-state index contributed by atoms with van der Waals surface area (Å²) in [6.45, 7) is 0.400. The van der Waals surface area contributed by atoms with Crippen LogP contribution in [0.5, 0.6) is 0 Å². The lowest BCUT2D eigenvalue weighted by Crippen LogP contribution is -2.05. The van der Waals surface area contributed by atoms with Crippen molar-refractivity contribution in [1.29, 1.82) is 0 Å². The first-order valence-electron chi connectivity index (χ1n) is 6.04. The number of aromatic nitrogens is 1. The highest BCUT2D eigenvalue weighted by atomic mass is 35.5. The van der Waals surface area contributed by atoms with E-state index in [9.17, 15) is 9.59 Å². The molecule has 0 unspecified atom stereocenters. The maximum Gasteiger partial charge on any atom is 0.354 e. The van der Waals surface area contributed by atoms with Crippen LogP contribution in [0, 0.1) is 0 Å². The fraction of sp³-hybridized carbons (Fsp3) is 0.143. The lowest BCUT2D eigenvalue weighted by Gasteiger charge is -2.07. The molecule has 110 valence electrons. The monoisotopic (exact) mass is 308 g/mol. The standard InChI is InChI=1S/C14H13ClN2O4/c1-21-14(20)12-5-3-9(17-12)7-16-8-2-4-11(15)10(6-8)13(18)19/h2-6,16-17H,7H2,1H3,(H,18,19). The molecule has 2 aromatic rings. The maximum atomic E-state index is 11.3. The van der Waals surface area contributed by atoms with Crippen LogP contribution in [0.2, 0.25) is 5.02 Å². The third-order valence-electron chi connectivity index (χ3n) is 2.83. The lowest BCUT2D eigenvalue weighted by atomic mass is 10.2. The highest BCUT2D eigenvalue weighted by molar-refractivity contribution is 6.33. The van der Waals surface area contributed by atoms with Gasteiger partial charge in [-0.3, -0.25) is 0 Å². The molecule has 3 N–H and O–H groups in total. The Morgan fingerprint density at radius 1 is 1.33 bits per heavy atom. The molecule has 0 aliphatic rings. The molecule has 0 aliphatic carbocycles. The normalized spacial score (nSPS) is 10.2. The molecule has 7 heteroatoms. The predicted octanol–water partition coefficient (Wildman–Crippen LogP) is 2.77. The number of carbonyl (C=O) groups excluding carboxylic acids is 1. The van der Waals surface area contributed by atoms with Crippen molar-refractivity contribution < 1.29 is 19.4 Å². The van der Waals surface area contributed by atoms with Gasteiger partial charge in [0.25, 0.3) is 0 Å². The first-order chi connectivity index (χ1) is 10.0. The molecule has 0 spiro atoms. The van der Waals surface area contributed by atoms with Gasteiger partial charge in [0.15, 0.2) is 0 Å². The first-order valence-corrected chi connectivity index (χ1v) is 6.42. The minimum Gasteiger partial charge on any atom is -0.478 e. The van der Waals surface area contributed by atoms with Gasteiger partial charge < -0.3 is 20.1 Å². The van der Waals surface area contributed by atoms with Gasteiger partial charge in [0, 0.05) is 11.4 Å². The number of hydrogen-bond acceptors (Lipinski definition) is 4. The second kappa shape index (κ2) is 6.32. The summed E-state index contributed by atoms with van der Waals surface area (Å²) >= 11 is 5.80. The van der Waals surface area contributed by atoms with Crippen LogP contribution in [0.1, 0.15) is 26.5 Å². The number of hydrogen-bond donors (Lipinski definition) is 3. The molecule has 0 amide bonds. The highest BCUT2D eigenvalue weighted by Gasteiger charge is 2.10. The second-order valence-electron chi connectivity index (χ2n) is 4.24. The van der Waals surface area contributed by atoms with E-state index in [1.807, 2.05) is 0 Å². The van der Waals surface area contributed by atoms with E-state index < -0.39 is 11.9 Å². The molecule has 0 fully saturated rings. The Balaban J connectivity index is 2.06. The summed E-state index contributed by atoms with van der Waals surface area (Å²) in [5, 5.41) is 12.2. The van der Waals surface area contributed by atoms with E-state index in [1.165, 1.54) is 19.2 Å². The minimum absolute atomic E-state index is 0.0309. The summed E-state index contributed by atoms with van der Waals surface area (Å²) in [7, 11) is 1.31. The fourth-order valence-electron chi connectivity index (χ4n) is 1.77. The molecule has 0 saturated heterocycles. The van der Waals surface area contributed by atoms with E-state index in [1.54, 1.807) is 18.2 Å². The van der Waals surface area contributed by atoms with Gasteiger partial charge in [0.2, 0.25) is 0 Å². The number of methoxy groups -OCH3 is 1. The summed E-state index contributed by atoms with van der Waals surface area (Å²) in [6.07, 6.45) is 0. The van der Waals surface area contributed by atoms with Crippen LogP contribution in [0.15, 0.2) is 30.3 Å². The van der Waals surface area contributed by atoms with Crippen LogP contribution in [-0.4, -0.2) is 29.1 Å². The summed E-state index contributed by atoms with van der Waals surface area (Å²) < 4.78 is 4.60.